The summed E-state index contributed by atoms with van der Waals surface area (Å²) in [5.74, 6) is 0.800. The maximum Gasteiger partial charge on any atom is 0.00484 e. The Morgan fingerprint density at radius 1 is 1.58 bits per heavy atom. The minimum atomic E-state index is 0.800. The van der Waals surface area contributed by atoms with Crippen molar-refractivity contribution >= 4 is 11.3 Å². The average Bonchev–Trinajstić information content (AvgIpc) is 2.56. The van der Waals surface area contributed by atoms with Crippen LogP contribution in [0.2, 0.25) is 0 Å². The molecule has 12 heavy (non-hydrogen) atoms. The van der Waals surface area contributed by atoms with Crippen LogP contribution in [0.15, 0.2) is 17.5 Å². The monoisotopic (exact) mass is 183 g/mol. The van der Waals surface area contributed by atoms with Crippen LogP contribution in [0.5, 0.6) is 0 Å². The first-order chi connectivity index (χ1) is 5.86. The summed E-state index contributed by atoms with van der Waals surface area (Å²) in [6.07, 6.45) is 2.49. The van der Waals surface area contributed by atoms with Gasteiger partial charge in [0.15, 0.2) is 0 Å². The quantitative estimate of drug-likeness (QED) is 0.739. The Morgan fingerprint density at radius 2 is 2.42 bits per heavy atom. The van der Waals surface area contributed by atoms with Gasteiger partial charge in [0.2, 0.25) is 0 Å². The zero-order valence-electron chi connectivity index (χ0n) is 7.84. The van der Waals surface area contributed by atoms with Crippen LogP contribution in [-0.4, -0.2) is 13.6 Å². The molecule has 1 N–H and O–H groups in total. The lowest BCUT2D eigenvalue weighted by atomic mass is 10.0. The van der Waals surface area contributed by atoms with Gasteiger partial charge in [-0.05, 0) is 37.4 Å². The van der Waals surface area contributed by atoms with E-state index in [2.05, 4.69) is 29.8 Å². The molecule has 1 unspecified atom stereocenters. The highest BCUT2D eigenvalue weighted by Crippen LogP contribution is 2.15. The Labute approximate surface area is 78.8 Å². The summed E-state index contributed by atoms with van der Waals surface area (Å²) in [5, 5.41) is 5.39. The van der Waals surface area contributed by atoms with Crippen molar-refractivity contribution in [3.05, 3.63) is 22.4 Å². The Hall–Kier alpha value is -0.340. The normalized spacial score (nSPS) is 13.2. The third-order valence-electron chi connectivity index (χ3n) is 2.14. The number of thiophene rings is 1. The van der Waals surface area contributed by atoms with Gasteiger partial charge >= 0.3 is 0 Å². The van der Waals surface area contributed by atoms with E-state index in [1.165, 1.54) is 17.7 Å². The average molecular weight is 183 g/mol. The van der Waals surface area contributed by atoms with Crippen LogP contribution >= 0.6 is 11.3 Å². The zero-order valence-corrected chi connectivity index (χ0v) is 8.66. The van der Waals surface area contributed by atoms with Crippen molar-refractivity contribution in [2.45, 2.75) is 19.8 Å². The Kier molecular flexibility index (Phi) is 4.33. The van der Waals surface area contributed by atoms with Gasteiger partial charge in [0, 0.05) is 4.88 Å². The summed E-state index contributed by atoms with van der Waals surface area (Å²) < 4.78 is 0. The second-order valence-electron chi connectivity index (χ2n) is 3.12. The molecule has 0 radical (unpaired) electrons. The first-order valence-corrected chi connectivity index (χ1v) is 5.41. The molecule has 1 rings (SSSR count). The van der Waals surface area contributed by atoms with Crippen LogP contribution in [0.3, 0.4) is 0 Å². The minimum absolute atomic E-state index is 0.800. The van der Waals surface area contributed by atoms with Crippen LogP contribution in [-0.2, 0) is 6.42 Å². The smallest absolute Gasteiger partial charge is 0.00484 e. The molecule has 2 heteroatoms. The van der Waals surface area contributed by atoms with E-state index in [1.54, 1.807) is 0 Å². The number of hydrogen-bond donors (Lipinski definition) is 1. The first kappa shape index (κ1) is 9.75. The van der Waals surface area contributed by atoms with Crippen molar-refractivity contribution in [2.24, 2.45) is 5.92 Å². The van der Waals surface area contributed by atoms with E-state index >= 15 is 0 Å². The molecule has 0 aromatic carbocycles. The van der Waals surface area contributed by atoms with Gasteiger partial charge in [-0.2, -0.15) is 0 Å². The van der Waals surface area contributed by atoms with Crippen molar-refractivity contribution in [3.63, 3.8) is 0 Å². The van der Waals surface area contributed by atoms with E-state index in [-0.39, 0.29) is 0 Å². The van der Waals surface area contributed by atoms with Gasteiger partial charge in [0.05, 0.1) is 0 Å². The van der Waals surface area contributed by atoms with Crippen LogP contribution in [0, 0.1) is 5.92 Å². The van der Waals surface area contributed by atoms with Crippen molar-refractivity contribution in [1.29, 1.82) is 0 Å². The minimum Gasteiger partial charge on any atom is -0.319 e. The Bertz CT molecular complexity index is 194. The highest BCUT2D eigenvalue weighted by atomic mass is 32.1. The fourth-order valence-corrected chi connectivity index (χ4v) is 2.18. The van der Waals surface area contributed by atoms with E-state index < -0.39 is 0 Å². The second-order valence-corrected chi connectivity index (χ2v) is 4.15. The summed E-state index contributed by atoms with van der Waals surface area (Å²) in [5.41, 5.74) is 0. The van der Waals surface area contributed by atoms with Gasteiger partial charge in [-0.3, -0.25) is 0 Å². The molecule has 0 amide bonds. The fraction of sp³-hybridized carbons (Fsp3) is 0.600. The highest BCUT2D eigenvalue weighted by molar-refractivity contribution is 7.09. The molecule has 0 saturated carbocycles. The van der Waals surface area contributed by atoms with Crippen molar-refractivity contribution in [2.75, 3.05) is 13.6 Å². The molecular formula is C10H17NS. The van der Waals surface area contributed by atoms with Gasteiger partial charge in [0.1, 0.15) is 0 Å². The third kappa shape index (κ3) is 2.95. The molecule has 0 saturated heterocycles. The number of nitrogens with one attached hydrogen (secondary N) is 1. The molecule has 0 bridgehead atoms. The summed E-state index contributed by atoms with van der Waals surface area (Å²) in [6, 6.07) is 4.36. The maximum atomic E-state index is 3.24. The highest BCUT2D eigenvalue weighted by Gasteiger charge is 2.06. The van der Waals surface area contributed by atoms with Crippen LogP contribution in [0.1, 0.15) is 18.2 Å². The van der Waals surface area contributed by atoms with Crippen molar-refractivity contribution in [3.8, 4) is 0 Å². The molecule has 0 spiro atoms. The van der Waals surface area contributed by atoms with Crippen LogP contribution < -0.4 is 5.32 Å². The van der Waals surface area contributed by atoms with E-state index in [1.807, 2.05) is 18.4 Å². The van der Waals surface area contributed by atoms with Gasteiger partial charge in [-0.1, -0.05) is 19.4 Å². The lowest BCUT2D eigenvalue weighted by molar-refractivity contribution is 0.484. The topological polar surface area (TPSA) is 12.0 Å². The van der Waals surface area contributed by atoms with Gasteiger partial charge in [0.25, 0.3) is 0 Å². The van der Waals surface area contributed by atoms with Gasteiger partial charge in [-0.25, -0.2) is 0 Å². The summed E-state index contributed by atoms with van der Waals surface area (Å²) in [6.45, 7) is 3.39. The molecular weight excluding hydrogens is 166 g/mol. The molecule has 0 aliphatic heterocycles. The lowest BCUT2D eigenvalue weighted by Gasteiger charge is -2.12. The molecule has 1 atom stereocenters. The zero-order chi connectivity index (χ0) is 8.81. The molecule has 0 fully saturated rings. The number of rotatable bonds is 5. The molecule has 1 aromatic rings. The van der Waals surface area contributed by atoms with E-state index in [0.717, 1.165) is 12.5 Å². The molecule has 0 aliphatic carbocycles. The molecule has 1 nitrogen and oxygen atoms in total. The predicted molar refractivity (Wildman–Crippen MR) is 55.7 cm³/mol. The van der Waals surface area contributed by atoms with E-state index in [4.69, 9.17) is 0 Å². The third-order valence-corrected chi connectivity index (χ3v) is 3.04. The molecule has 68 valence electrons. The van der Waals surface area contributed by atoms with E-state index in [0.29, 0.717) is 0 Å². The number of hydrogen-bond acceptors (Lipinski definition) is 2. The first-order valence-electron chi connectivity index (χ1n) is 4.53. The Balaban J connectivity index is 2.37. The van der Waals surface area contributed by atoms with Gasteiger partial charge < -0.3 is 5.32 Å². The fourth-order valence-electron chi connectivity index (χ4n) is 1.36. The maximum absolute atomic E-state index is 3.24. The van der Waals surface area contributed by atoms with E-state index in [9.17, 15) is 0 Å². The summed E-state index contributed by atoms with van der Waals surface area (Å²) in [4.78, 5) is 1.51. The van der Waals surface area contributed by atoms with Gasteiger partial charge in [-0.15, -0.1) is 11.3 Å². The summed E-state index contributed by atoms with van der Waals surface area (Å²) >= 11 is 1.86. The molecule has 1 aromatic heterocycles. The van der Waals surface area contributed by atoms with Crippen molar-refractivity contribution < 1.29 is 0 Å². The second kappa shape index (κ2) is 5.33. The lowest BCUT2D eigenvalue weighted by Crippen LogP contribution is -2.19. The largest absolute Gasteiger partial charge is 0.319 e. The van der Waals surface area contributed by atoms with Crippen LogP contribution in [0.25, 0.3) is 0 Å². The SMILES string of the molecule is CCC(CNC)Cc1cccs1. The van der Waals surface area contributed by atoms with Crippen LogP contribution in [0.4, 0.5) is 0 Å². The Morgan fingerprint density at radius 3 is 2.92 bits per heavy atom. The molecule has 1 heterocycles. The van der Waals surface area contributed by atoms with Crippen molar-refractivity contribution in [1.82, 2.24) is 5.32 Å². The predicted octanol–water partition coefficient (Wildman–Crippen LogP) is 2.54. The standard InChI is InChI=1S/C10H17NS/c1-3-9(8-11-2)7-10-5-4-6-12-10/h4-6,9,11H,3,7-8H2,1-2H3. The summed E-state index contributed by atoms with van der Waals surface area (Å²) in [7, 11) is 2.02. The molecule has 0 aliphatic rings.